The summed E-state index contributed by atoms with van der Waals surface area (Å²) >= 11 is 7.17. The third-order valence-electron chi connectivity index (χ3n) is 3.78. The lowest BCUT2D eigenvalue weighted by atomic mass is 10.0. The van der Waals surface area contributed by atoms with Crippen LogP contribution in [-0.4, -0.2) is 26.8 Å². The highest BCUT2D eigenvalue weighted by molar-refractivity contribution is 7.99. The summed E-state index contributed by atoms with van der Waals surface area (Å²) in [5.41, 5.74) is 2.92. The predicted molar refractivity (Wildman–Crippen MR) is 107 cm³/mol. The molecule has 0 bridgehead atoms. The summed E-state index contributed by atoms with van der Waals surface area (Å²) in [7, 11) is 0. The molecule has 3 rings (SSSR count). The number of aromatic amines is 1. The number of nitrogens with zero attached hydrogens (tertiary/aromatic N) is 2. The van der Waals surface area contributed by atoms with Crippen LogP contribution in [0.1, 0.15) is 25.3 Å². The molecule has 0 aliphatic rings. The van der Waals surface area contributed by atoms with Crippen LogP contribution in [0, 0.1) is 0 Å². The van der Waals surface area contributed by atoms with E-state index in [9.17, 15) is 4.79 Å². The van der Waals surface area contributed by atoms with Crippen molar-refractivity contribution in [1.82, 2.24) is 15.2 Å². The Kier molecular flexibility index (Phi) is 5.96. The number of H-pyrrole nitrogens is 1. The van der Waals surface area contributed by atoms with Crippen LogP contribution in [0.4, 0.5) is 5.69 Å². The molecule has 26 heavy (non-hydrogen) atoms. The first-order valence-electron chi connectivity index (χ1n) is 8.22. The molecule has 2 aromatic carbocycles. The minimum atomic E-state index is -0.0925. The Balaban J connectivity index is 1.54. The minimum Gasteiger partial charge on any atom is -0.325 e. The number of hydrogen-bond donors (Lipinski definition) is 2. The summed E-state index contributed by atoms with van der Waals surface area (Å²) in [4.78, 5) is 16.5. The summed E-state index contributed by atoms with van der Waals surface area (Å²) in [6, 6.07) is 15.2. The van der Waals surface area contributed by atoms with Crippen molar-refractivity contribution in [3.05, 3.63) is 59.1 Å². The highest BCUT2D eigenvalue weighted by atomic mass is 35.5. The first-order valence-corrected chi connectivity index (χ1v) is 9.58. The monoisotopic (exact) mass is 386 g/mol. The molecule has 1 amide bonds. The van der Waals surface area contributed by atoms with E-state index in [1.54, 1.807) is 12.1 Å². The van der Waals surface area contributed by atoms with Gasteiger partial charge in [0.15, 0.2) is 5.82 Å². The van der Waals surface area contributed by atoms with Crippen LogP contribution in [0.5, 0.6) is 0 Å². The highest BCUT2D eigenvalue weighted by Gasteiger charge is 2.09. The Labute approximate surface area is 161 Å². The molecule has 1 aromatic heterocycles. The number of carbonyl (C=O) groups is 1. The number of carbonyl (C=O) groups excluding carboxylic acids is 1. The van der Waals surface area contributed by atoms with Crippen molar-refractivity contribution < 1.29 is 4.79 Å². The Morgan fingerprint density at radius 2 is 1.85 bits per heavy atom. The van der Waals surface area contributed by atoms with Gasteiger partial charge in [-0.25, -0.2) is 4.98 Å². The number of nitrogens with one attached hydrogen (secondary N) is 2. The predicted octanol–water partition coefficient (Wildman–Crippen LogP) is 4.98. The van der Waals surface area contributed by atoms with E-state index in [1.807, 2.05) is 36.4 Å². The zero-order valence-corrected chi connectivity index (χ0v) is 16.1. The molecule has 2 N–H and O–H groups in total. The van der Waals surface area contributed by atoms with Crippen molar-refractivity contribution >= 4 is 35.0 Å². The van der Waals surface area contributed by atoms with E-state index in [0.717, 1.165) is 11.3 Å². The summed E-state index contributed by atoms with van der Waals surface area (Å²) in [6.45, 7) is 4.28. The van der Waals surface area contributed by atoms with Crippen molar-refractivity contribution in [2.24, 2.45) is 0 Å². The molecule has 0 aliphatic heterocycles. The molecule has 3 aromatic rings. The van der Waals surface area contributed by atoms with Gasteiger partial charge >= 0.3 is 0 Å². The SMILES string of the molecule is CC(C)c1ccc(NC(=O)CSc2n[nH]c(-c3ccc(Cl)cc3)n2)cc1. The standard InChI is InChI=1S/C19H19ClN4OS/c1-12(2)13-5-9-16(10-6-13)21-17(25)11-26-19-22-18(23-24-19)14-3-7-15(20)8-4-14/h3-10,12H,11H2,1-2H3,(H,21,25)(H,22,23,24). The maximum absolute atomic E-state index is 12.1. The van der Waals surface area contributed by atoms with Crippen LogP contribution in [-0.2, 0) is 4.79 Å². The van der Waals surface area contributed by atoms with E-state index in [4.69, 9.17) is 11.6 Å². The van der Waals surface area contributed by atoms with Gasteiger partial charge in [-0.05, 0) is 47.9 Å². The lowest BCUT2D eigenvalue weighted by Crippen LogP contribution is -2.14. The maximum atomic E-state index is 12.1. The van der Waals surface area contributed by atoms with E-state index in [-0.39, 0.29) is 11.7 Å². The fourth-order valence-electron chi connectivity index (χ4n) is 2.33. The van der Waals surface area contributed by atoms with Crippen LogP contribution in [0.25, 0.3) is 11.4 Å². The summed E-state index contributed by atoms with van der Waals surface area (Å²) in [5, 5.41) is 11.1. The van der Waals surface area contributed by atoms with Crippen molar-refractivity contribution in [3.8, 4) is 11.4 Å². The Bertz CT molecular complexity index is 875. The average molecular weight is 387 g/mol. The second kappa shape index (κ2) is 8.38. The highest BCUT2D eigenvalue weighted by Crippen LogP contribution is 2.21. The molecule has 7 heteroatoms. The fraction of sp³-hybridized carbons (Fsp3) is 0.211. The number of hydrogen-bond acceptors (Lipinski definition) is 4. The first-order chi connectivity index (χ1) is 12.5. The fourth-order valence-corrected chi connectivity index (χ4v) is 3.05. The molecule has 0 spiro atoms. The van der Waals surface area contributed by atoms with Crippen LogP contribution in [0.2, 0.25) is 5.02 Å². The number of rotatable bonds is 6. The van der Waals surface area contributed by atoms with Gasteiger partial charge in [0.25, 0.3) is 0 Å². The molecule has 1 heterocycles. The molecule has 0 fully saturated rings. The summed E-state index contributed by atoms with van der Waals surface area (Å²) in [5.74, 6) is 1.26. The number of amides is 1. The molecule has 0 unspecified atom stereocenters. The number of halogens is 1. The Morgan fingerprint density at radius 1 is 1.15 bits per heavy atom. The van der Waals surface area contributed by atoms with Crippen LogP contribution in [0.15, 0.2) is 53.7 Å². The van der Waals surface area contributed by atoms with E-state index < -0.39 is 0 Å². The number of thioether (sulfide) groups is 1. The third-order valence-corrected chi connectivity index (χ3v) is 4.88. The normalized spacial score (nSPS) is 10.9. The van der Waals surface area contributed by atoms with Gasteiger partial charge in [0, 0.05) is 16.3 Å². The van der Waals surface area contributed by atoms with Gasteiger partial charge in [-0.1, -0.05) is 49.3 Å². The molecule has 0 saturated carbocycles. The van der Waals surface area contributed by atoms with Gasteiger partial charge in [0.1, 0.15) is 0 Å². The maximum Gasteiger partial charge on any atom is 0.234 e. The minimum absolute atomic E-state index is 0.0925. The molecular formula is C19H19ClN4OS. The van der Waals surface area contributed by atoms with Crippen molar-refractivity contribution in [3.63, 3.8) is 0 Å². The summed E-state index contributed by atoms with van der Waals surface area (Å²) in [6.07, 6.45) is 0. The van der Waals surface area contributed by atoms with E-state index in [1.165, 1.54) is 17.3 Å². The van der Waals surface area contributed by atoms with Crippen molar-refractivity contribution in [2.45, 2.75) is 24.9 Å². The van der Waals surface area contributed by atoms with Crippen LogP contribution < -0.4 is 5.32 Å². The molecule has 0 radical (unpaired) electrons. The van der Waals surface area contributed by atoms with Gasteiger partial charge in [0.2, 0.25) is 11.1 Å². The van der Waals surface area contributed by atoms with Gasteiger partial charge in [-0.3, -0.25) is 9.89 Å². The molecule has 134 valence electrons. The Morgan fingerprint density at radius 3 is 2.50 bits per heavy atom. The third kappa shape index (κ3) is 4.86. The second-order valence-corrected chi connectivity index (χ2v) is 7.47. The van der Waals surface area contributed by atoms with Crippen LogP contribution >= 0.6 is 23.4 Å². The molecule has 5 nitrogen and oxygen atoms in total. The topological polar surface area (TPSA) is 70.7 Å². The van der Waals surface area contributed by atoms with Crippen molar-refractivity contribution in [1.29, 1.82) is 0 Å². The molecular weight excluding hydrogens is 368 g/mol. The number of anilines is 1. The molecule has 0 atom stereocenters. The lowest BCUT2D eigenvalue weighted by molar-refractivity contribution is -0.113. The average Bonchev–Trinajstić information content (AvgIpc) is 3.10. The molecule has 0 saturated heterocycles. The summed E-state index contributed by atoms with van der Waals surface area (Å²) < 4.78 is 0. The van der Waals surface area contributed by atoms with Gasteiger partial charge < -0.3 is 5.32 Å². The first kappa shape index (κ1) is 18.5. The Hall–Kier alpha value is -2.31. The zero-order valence-electron chi connectivity index (χ0n) is 14.5. The lowest BCUT2D eigenvalue weighted by Gasteiger charge is -2.08. The van der Waals surface area contributed by atoms with E-state index in [0.29, 0.717) is 21.9 Å². The van der Waals surface area contributed by atoms with Gasteiger partial charge in [-0.15, -0.1) is 5.10 Å². The molecule has 0 aliphatic carbocycles. The quantitative estimate of drug-likeness (QED) is 0.586. The van der Waals surface area contributed by atoms with Gasteiger partial charge in [-0.2, -0.15) is 0 Å². The largest absolute Gasteiger partial charge is 0.325 e. The second-order valence-electron chi connectivity index (χ2n) is 6.09. The number of benzene rings is 2. The number of aromatic nitrogens is 3. The van der Waals surface area contributed by atoms with E-state index in [2.05, 4.69) is 34.3 Å². The van der Waals surface area contributed by atoms with Crippen molar-refractivity contribution in [2.75, 3.05) is 11.1 Å². The smallest absolute Gasteiger partial charge is 0.234 e. The zero-order chi connectivity index (χ0) is 18.5. The van der Waals surface area contributed by atoms with Gasteiger partial charge in [0.05, 0.1) is 5.75 Å². The van der Waals surface area contributed by atoms with E-state index >= 15 is 0 Å². The van der Waals surface area contributed by atoms with Crippen LogP contribution in [0.3, 0.4) is 0 Å².